The topological polar surface area (TPSA) is 37.8 Å². The molecule has 0 bridgehead atoms. The lowest BCUT2D eigenvalue weighted by atomic mass is 10.2. The van der Waals surface area contributed by atoms with E-state index in [-0.39, 0.29) is 5.82 Å². The van der Waals surface area contributed by atoms with E-state index in [0.29, 0.717) is 17.9 Å². The standard InChI is InChI=1S/C14H15BrFN3/c1-3-17-8-11-6-9(2)18-14(19-11)12-7-10(16)4-5-13(12)15/h4-7,17H,3,8H2,1-2H3. The molecule has 2 aromatic rings. The zero-order chi connectivity index (χ0) is 13.8. The first-order valence-corrected chi connectivity index (χ1v) is 6.90. The quantitative estimate of drug-likeness (QED) is 0.936. The minimum absolute atomic E-state index is 0.295. The Kier molecular flexibility index (Phi) is 4.61. The Morgan fingerprint density at radius 2 is 2.05 bits per heavy atom. The van der Waals surface area contributed by atoms with E-state index in [1.165, 1.54) is 12.1 Å². The zero-order valence-electron chi connectivity index (χ0n) is 10.9. The number of aromatic nitrogens is 2. The van der Waals surface area contributed by atoms with Crippen LogP contribution in [0.1, 0.15) is 18.3 Å². The number of nitrogens with zero attached hydrogens (tertiary/aromatic N) is 2. The number of hydrogen-bond acceptors (Lipinski definition) is 3. The van der Waals surface area contributed by atoms with Gasteiger partial charge in [-0.25, -0.2) is 14.4 Å². The van der Waals surface area contributed by atoms with Gasteiger partial charge in [0.2, 0.25) is 0 Å². The van der Waals surface area contributed by atoms with Gasteiger partial charge in [-0.2, -0.15) is 0 Å². The Morgan fingerprint density at radius 1 is 1.26 bits per heavy atom. The molecule has 0 spiro atoms. The molecule has 0 amide bonds. The van der Waals surface area contributed by atoms with E-state index in [1.54, 1.807) is 6.07 Å². The van der Waals surface area contributed by atoms with Crippen LogP contribution in [0.4, 0.5) is 4.39 Å². The molecule has 1 aromatic carbocycles. The summed E-state index contributed by atoms with van der Waals surface area (Å²) < 4.78 is 14.1. The molecule has 0 aliphatic rings. The second kappa shape index (κ2) is 6.21. The SMILES string of the molecule is CCNCc1cc(C)nc(-c2cc(F)ccc2Br)n1. The van der Waals surface area contributed by atoms with Crippen molar-refractivity contribution in [1.82, 2.24) is 15.3 Å². The predicted molar refractivity (Wildman–Crippen MR) is 77.2 cm³/mol. The Hall–Kier alpha value is -1.33. The number of hydrogen-bond donors (Lipinski definition) is 1. The summed E-state index contributed by atoms with van der Waals surface area (Å²) in [6.07, 6.45) is 0. The lowest BCUT2D eigenvalue weighted by Gasteiger charge is -2.08. The van der Waals surface area contributed by atoms with Crippen molar-refractivity contribution in [3.63, 3.8) is 0 Å². The van der Waals surface area contributed by atoms with Crippen molar-refractivity contribution in [2.45, 2.75) is 20.4 Å². The Morgan fingerprint density at radius 3 is 2.79 bits per heavy atom. The first-order chi connectivity index (χ1) is 9.10. The average Bonchev–Trinajstić information content (AvgIpc) is 2.38. The molecule has 0 fully saturated rings. The van der Waals surface area contributed by atoms with Crippen molar-refractivity contribution in [2.24, 2.45) is 0 Å². The van der Waals surface area contributed by atoms with E-state index >= 15 is 0 Å². The molecule has 2 rings (SSSR count). The van der Waals surface area contributed by atoms with Gasteiger partial charge in [0, 0.05) is 22.3 Å². The summed E-state index contributed by atoms with van der Waals surface area (Å²) in [5.41, 5.74) is 2.44. The van der Waals surface area contributed by atoms with Crippen LogP contribution < -0.4 is 5.32 Å². The van der Waals surface area contributed by atoms with Crippen molar-refractivity contribution in [3.8, 4) is 11.4 Å². The smallest absolute Gasteiger partial charge is 0.160 e. The molecule has 0 aliphatic carbocycles. The van der Waals surface area contributed by atoms with E-state index < -0.39 is 0 Å². The summed E-state index contributed by atoms with van der Waals surface area (Å²) in [6.45, 7) is 5.51. The summed E-state index contributed by atoms with van der Waals surface area (Å²) >= 11 is 3.41. The van der Waals surface area contributed by atoms with Crippen molar-refractivity contribution in [3.05, 3.63) is 45.9 Å². The van der Waals surface area contributed by atoms with Crippen LogP contribution in [0.15, 0.2) is 28.7 Å². The third kappa shape index (κ3) is 3.58. The fourth-order valence-corrected chi connectivity index (χ4v) is 2.19. The number of halogens is 2. The van der Waals surface area contributed by atoms with Gasteiger partial charge < -0.3 is 5.32 Å². The van der Waals surface area contributed by atoms with Crippen LogP contribution in [-0.4, -0.2) is 16.5 Å². The summed E-state index contributed by atoms with van der Waals surface area (Å²) in [7, 11) is 0. The fraction of sp³-hybridized carbons (Fsp3) is 0.286. The van der Waals surface area contributed by atoms with Gasteiger partial charge in [0.1, 0.15) is 5.82 Å². The van der Waals surface area contributed by atoms with Crippen molar-refractivity contribution in [1.29, 1.82) is 0 Å². The number of nitrogens with one attached hydrogen (secondary N) is 1. The summed E-state index contributed by atoms with van der Waals surface area (Å²) in [4.78, 5) is 8.85. The lowest BCUT2D eigenvalue weighted by molar-refractivity contribution is 0.628. The maximum atomic E-state index is 13.3. The van der Waals surface area contributed by atoms with Gasteiger partial charge in [0.15, 0.2) is 5.82 Å². The molecule has 0 radical (unpaired) electrons. The van der Waals surface area contributed by atoms with Gasteiger partial charge in [-0.05, 0) is 37.7 Å². The molecule has 1 aromatic heterocycles. The van der Waals surface area contributed by atoms with Crippen LogP contribution in [0.5, 0.6) is 0 Å². The molecule has 0 saturated heterocycles. The second-order valence-electron chi connectivity index (χ2n) is 4.23. The lowest BCUT2D eigenvalue weighted by Crippen LogP contribution is -2.13. The largest absolute Gasteiger partial charge is 0.311 e. The van der Waals surface area contributed by atoms with Gasteiger partial charge in [0.25, 0.3) is 0 Å². The van der Waals surface area contributed by atoms with Gasteiger partial charge in [-0.3, -0.25) is 0 Å². The highest BCUT2D eigenvalue weighted by Gasteiger charge is 2.09. The van der Waals surface area contributed by atoms with Crippen LogP contribution in [0.25, 0.3) is 11.4 Å². The molecular weight excluding hydrogens is 309 g/mol. The third-order valence-electron chi connectivity index (χ3n) is 2.63. The number of aryl methyl sites for hydroxylation is 1. The molecule has 1 heterocycles. The Balaban J connectivity index is 2.43. The summed E-state index contributed by atoms with van der Waals surface area (Å²) in [5, 5.41) is 3.22. The molecule has 19 heavy (non-hydrogen) atoms. The predicted octanol–water partition coefficient (Wildman–Crippen LogP) is 3.46. The van der Waals surface area contributed by atoms with Gasteiger partial charge in [-0.15, -0.1) is 0 Å². The Labute approximate surface area is 120 Å². The summed E-state index contributed by atoms with van der Waals surface area (Å²) in [5.74, 6) is 0.246. The molecule has 100 valence electrons. The highest BCUT2D eigenvalue weighted by atomic mass is 79.9. The van der Waals surface area contributed by atoms with E-state index in [1.807, 2.05) is 19.9 Å². The third-order valence-corrected chi connectivity index (χ3v) is 3.32. The average molecular weight is 324 g/mol. The highest BCUT2D eigenvalue weighted by molar-refractivity contribution is 9.10. The van der Waals surface area contributed by atoms with Crippen molar-refractivity contribution < 1.29 is 4.39 Å². The first-order valence-electron chi connectivity index (χ1n) is 6.11. The van der Waals surface area contributed by atoms with Gasteiger partial charge in [-0.1, -0.05) is 22.9 Å². The van der Waals surface area contributed by atoms with E-state index in [9.17, 15) is 4.39 Å². The Bertz CT molecular complexity index is 587. The molecular formula is C14H15BrFN3. The van der Waals surface area contributed by atoms with Crippen LogP contribution >= 0.6 is 15.9 Å². The van der Waals surface area contributed by atoms with Crippen molar-refractivity contribution >= 4 is 15.9 Å². The van der Waals surface area contributed by atoms with Crippen LogP contribution in [0, 0.1) is 12.7 Å². The van der Waals surface area contributed by atoms with Crippen LogP contribution in [0.2, 0.25) is 0 Å². The molecule has 0 atom stereocenters. The minimum Gasteiger partial charge on any atom is -0.311 e. The molecule has 1 N–H and O–H groups in total. The minimum atomic E-state index is -0.295. The van der Waals surface area contributed by atoms with Crippen LogP contribution in [0.3, 0.4) is 0 Å². The normalized spacial score (nSPS) is 10.7. The zero-order valence-corrected chi connectivity index (χ0v) is 12.5. The van der Waals surface area contributed by atoms with E-state index in [2.05, 4.69) is 31.2 Å². The molecule has 3 nitrogen and oxygen atoms in total. The molecule has 0 unspecified atom stereocenters. The van der Waals surface area contributed by atoms with Gasteiger partial charge >= 0.3 is 0 Å². The monoisotopic (exact) mass is 323 g/mol. The van der Waals surface area contributed by atoms with Crippen molar-refractivity contribution in [2.75, 3.05) is 6.54 Å². The van der Waals surface area contributed by atoms with Crippen LogP contribution in [-0.2, 0) is 6.54 Å². The van der Waals surface area contributed by atoms with Gasteiger partial charge in [0.05, 0.1) is 5.69 Å². The second-order valence-corrected chi connectivity index (χ2v) is 5.08. The molecule has 0 aliphatic heterocycles. The maximum Gasteiger partial charge on any atom is 0.160 e. The fourth-order valence-electron chi connectivity index (χ4n) is 1.77. The van der Waals surface area contributed by atoms with E-state index in [0.717, 1.165) is 22.4 Å². The summed E-state index contributed by atoms with van der Waals surface area (Å²) in [6, 6.07) is 6.44. The number of benzene rings is 1. The molecule has 5 heteroatoms. The van der Waals surface area contributed by atoms with E-state index in [4.69, 9.17) is 0 Å². The first kappa shape index (κ1) is 14.1. The number of rotatable bonds is 4. The molecule has 0 saturated carbocycles. The maximum absolute atomic E-state index is 13.3. The highest BCUT2D eigenvalue weighted by Crippen LogP contribution is 2.26.